The van der Waals surface area contributed by atoms with Gasteiger partial charge in [0.1, 0.15) is 5.75 Å². The number of benzene rings is 1. The normalized spacial score (nSPS) is 26.4. The van der Waals surface area contributed by atoms with Crippen LogP contribution in [0.2, 0.25) is 0 Å². The molecule has 19 heavy (non-hydrogen) atoms. The second-order valence-electron chi connectivity index (χ2n) is 5.63. The summed E-state index contributed by atoms with van der Waals surface area (Å²) >= 11 is 0. The number of phenolic OH excluding ortho intramolecular Hbond substituents is 1. The number of carbonyl (C=O) groups is 1. The zero-order valence-corrected chi connectivity index (χ0v) is 11.2. The molecule has 0 aromatic heterocycles. The number of aromatic hydroxyl groups is 1. The highest BCUT2D eigenvalue weighted by atomic mass is 16.3. The largest absolute Gasteiger partial charge is 0.507 e. The Morgan fingerprint density at radius 1 is 1.37 bits per heavy atom. The minimum Gasteiger partial charge on any atom is -0.507 e. The molecule has 2 heterocycles. The van der Waals surface area contributed by atoms with E-state index >= 15 is 0 Å². The van der Waals surface area contributed by atoms with Crippen molar-refractivity contribution in [2.75, 3.05) is 13.1 Å². The molecule has 0 radical (unpaired) electrons. The molecule has 2 saturated heterocycles. The first-order valence-corrected chi connectivity index (χ1v) is 6.99. The van der Waals surface area contributed by atoms with Crippen molar-refractivity contribution in [1.82, 2.24) is 10.2 Å². The third kappa shape index (κ3) is 2.32. The van der Waals surface area contributed by atoms with Crippen LogP contribution in [0.15, 0.2) is 18.2 Å². The maximum absolute atomic E-state index is 12.3. The van der Waals surface area contributed by atoms with Crippen LogP contribution in [0.3, 0.4) is 0 Å². The van der Waals surface area contributed by atoms with E-state index in [4.69, 9.17) is 0 Å². The van der Waals surface area contributed by atoms with Crippen molar-refractivity contribution in [3.63, 3.8) is 0 Å². The maximum Gasteiger partial charge on any atom is 0.255 e. The highest BCUT2D eigenvalue weighted by Gasteiger charge is 2.38. The van der Waals surface area contributed by atoms with Gasteiger partial charge in [-0.1, -0.05) is 11.6 Å². The summed E-state index contributed by atoms with van der Waals surface area (Å²) in [5.74, 6) is -0.0932. The van der Waals surface area contributed by atoms with E-state index in [1.54, 1.807) is 18.2 Å². The van der Waals surface area contributed by atoms with Crippen molar-refractivity contribution < 1.29 is 9.90 Å². The van der Waals surface area contributed by atoms with Crippen LogP contribution in [-0.4, -0.2) is 41.1 Å². The average molecular weight is 260 g/mol. The summed E-state index contributed by atoms with van der Waals surface area (Å²) in [4.78, 5) is 14.7. The molecule has 4 heteroatoms. The van der Waals surface area contributed by atoms with Crippen LogP contribution < -0.4 is 5.32 Å². The molecule has 102 valence electrons. The summed E-state index contributed by atoms with van der Waals surface area (Å²) in [6.45, 7) is 4.16. The lowest BCUT2D eigenvalue weighted by molar-refractivity contribution is 0.0926. The lowest BCUT2D eigenvalue weighted by atomic mass is 10.0. The van der Waals surface area contributed by atoms with Crippen molar-refractivity contribution in [2.24, 2.45) is 0 Å². The quantitative estimate of drug-likeness (QED) is 0.850. The Morgan fingerprint density at radius 2 is 2.21 bits per heavy atom. The Hall–Kier alpha value is -1.55. The van der Waals surface area contributed by atoms with Gasteiger partial charge in [-0.3, -0.25) is 9.69 Å². The van der Waals surface area contributed by atoms with E-state index < -0.39 is 0 Å². The predicted molar refractivity (Wildman–Crippen MR) is 73.3 cm³/mol. The van der Waals surface area contributed by atoms with E-state index in [1.807, 2.05) is 6.92 Å². The molecule has 0 spiro atoms. The van der Waals surface area contributed by atoms with Gasteiger partial charge in [0.05, 0.1) is 5.56 Å². The predicted octanol–water partition coefficient (Wildman–Crippen LogP) is 1.67. The molecular formula is C15H20N2O2. The minimum absolute atomic E-state index is 0.0596. The van der Waals surface area contributed by atoms with Gasteiger partial charge < -0.3 is 10.4 Å². The number of hydrogen-bond acceptors (Lipinski definition) is 3. The van der Waals surface area contributed by atoms with E-state index in [0.717, 1.165) is 25.1 Å². The topological polar surface area (TPSA) is 52.6 Å². The van der Waals surface area contributed by atoms with E-state index in [1.165, 1.54) is 12.8 Å². The zero-order valence-electron chi connectivity index (χ0n) is 11.2. The molecule has 2 unspecified atom stereocenters. The SMILES string of the molecule is Cc1ccc(O)c(C(=O)NC2CCN3CCCC23)c1. The van der Waals surface area contributed by atoms with E-state index in [2.05, 4.69) is 10.2 Å². The summed E-state index contributed by atoms with van der Waals surface area (Å²) < 4.78 is 0. The average Bonchev–Trinajstić information content (AvgIpc) is 2.97. The number of fused-ring (bicyclic) bond motifs is 1. The van der Waals surface area contributed by atoms with Gasteiger partial charge in [0.25, 0.3) is 5.91 Å². The standard InChI is InChI=1S/C15H20N2O2/c1-10-4-5-14(18)11(9-10)15(19)16-12-6-8-17-7-2-3-13(12)17/h4-5,9,12-13,18H,2-3,6-8H2,1H3,(H,16,19). The molecule has 2 fully saturated rings. The lowest BCUT2D eigenvalue weighted by Crippen LogP contribution is -2.42. The Labute approximate surface area is 113 Å². The first-order chi connectivity index (χ1) is 9.15. The highest BCUT2D eigenvalue weighted by Crippen LogP contribution is 2.28. The third-order valence-electron chi connectivity index (χ3n) is 4.32. The molecule has 2 atom stereocenters. The molecule has 2 N–H and O–H groups in total. The summed E-state index contributed by atoms with van der Waals surface area (Å²) in [6, 6.07) is 5.86. The van der Waals surface area contributed by atoms with Crippen LogP contribution in [0.25, 0.3) is 0 Å². The number of aryl methyl sites for hydroxylation is 1. The van der Waals surface area contributed by atoms with Gasteiger partial charge in [-0.25, -0.2) is 0 Å². The molecule has 2 aliphatic heterocycles. The van der Waals surface area contributed by atoms with Gasteiger partial charge in [-0.2, -0.15) is 0 Å². The molecular weight excluding hydrogens is 240 g/mol. The van der Waals surface area contributed by atoms with Crippen molar-refractivity contribution >= 4 is 5.91 Å². The first kappa shape index (κ1) is 12.5. The second kappa shape index (κ2) is 4.85. The second-order valence-corrected chi connectivity index (χ2v) is 5.63. The smallest absolute Gasteiger partial charge is 0.255 e. The summed E-state index contributed by atoms with van der Waals surface area (Å²) in [5.41, 5.74) is 1.37. The van der Waals surface area contributed by atoms with Crippen molar-refractivity contribution in [3.05, 3.63) is 29.3 Å². The Kier molecular flexibility index (Phi) is 3.19. The first-order valence-electron chi connectivity index (χ1n) is 6.99. The number of amides is 1. The van der Waals surface area contributed by atoms with E-state index in [9.17, 15) is 9.90 Å². The lowest BCUT2D eigenvalue weighted by Gasteiger charge is -2.21. The Balaban J connectivity index is 1.73. The summed E-state index contributed by atoms with van der Waals surface area (Å²) in [7, 11) is 0. The summed E-state index contributed by atoms with van der Waals surface area (Å²) in [6.07, 6.45) is 3.42. The van der Waals surface area contributed by atoms with Gasteiger partial charge >= 0.3 is 0 Å². The van der Waals surface area contributed by atoms with Crippen molar-refractivity contribution in [3.8, 4) is 5.75 Å². The number of rotatable bonds is 2. The molecule has 1 amide bonds. The van der Waals surface area contributed by atoms with Gasteiger partial charge in [0.15, 0.2) is 0 Å². The van der Waals surface area contributed by atoms with Crippen LogP contribution in [0, 0.1) is 6.92 Å². The van der Waals surface area contributed by atoms with Crippen LogP contribution in [0.1, 0.15) is 35.2 Å². The number of nitrogens with one attached hydrogen (secondary N) is 1. The molecule has 1 aromatic carbocycles. The van der Waals surface area contributed by atoms with Crippen molar-refractivity contribution in [1.29, 1.82) is 0 Å². The van der Waals surface area contributed by atoms with Crippen LogP contribution in [0.4, 0.5) is 0 Å². The fourth-order valence-corrected chi connectivity index (χ4v) is 3.33. The monoisotopic (exact) mass is 260 g/mol. The molecule has 1 aromatic rings. The van der Waals surface area contributed by atoms with E-state index in [0.29, 0.717) is 11.6 Å². The Bertz CT molecular complexity index is 501. The van der Waals surface area contributed by atoms with Gasteiger partial charge in [0, 0.05) is 18.6 Å². The summed E-state index contributed by atoms with van der Waals surface area (Å²) in [5, 5.41) is 12.9. The molecule has 0 bridgehead atoms. The third-order valence-corrected chi connectivity index (χ3v) is 4.32. The highest BCUT2D eigenvalue weighted by molar-refractivity contribution is 5.97. The zero-order chi connectivity index (χ0) is 13.4. The molecule has 0 saturated carbocycles. The maximum atomic E-state index is 12.3. The van der Waals surface area contributed by atoms with Crippen molar-refractivity contribution in [2.45, 2.75) is 38.3 Å². The van der Waals surface area contributed by atoms with Crippen LogP contribution in [0.5, 0.6) is 5.75 Å². The minimum atomic E-state index is -0.153. The molecule has 2 aliphatic rings. The molecule has 0 aliphatic carbocycles. The van der Waals surface area contributed by atoms with Gasteiger partial charge in [0.2, 0.25) is 0 Å². The fourth-order valence-electron chi connectivity index (χ4n) is 3.33. The number of nitrogens with zero attached hydrogens (tertiary/aromatic N) is 1. The van der Waals surface area contributed by atoms with E-state index in [-0.39, 0.29) is 17.7 Å². The van der Waals surface area contributed by atoms with Gasteiger partial charge in [-0.05, 0) is 44.9 Å². The van der Waals surface area contributed by atoms with Gasteiger partial charge in [-0.15, -0.1) is 0 Å². The molecule has 4 nitrogen and oxygen atoms in total. The van der Waals surface area contributed by atoms with Crippen LogP contribution >= 0.6 is 0 Å². The number of carbonyl (C=O) groups excluding carboxylic acids is 1. The number of hydrogen-bond donors (Lipinski definition) is 2. The Morgan fingerprint density at radius 3 is 3.05 bits per heavy atom. The van der Waals surface area contributed by atoms with Crippen LogP contribution in [-0.2, 0) is 0 Å². The fraction of sp³-hybridized carbons (Fsp3) is 0.533. The molecule has 3 rings (SSSR count). The number of phenols is 1.